The van der Waals surface area contributed by atoms with Crippen molar-refractivity contribution in [3.8, 4) is 11.4 Å². The topological polar surface area (TPSA) is 77.7 Å². The van der Waals surface area contributed by atoms with E-state index in [4.69, 9.17) is 0 Å². The van der Waals surface area contributed by atoms with Crippen molar-refractivity contribution in [1.82, 2.24) is 19.7 Å². The molecule has 2 aromatic heterocycles. The molecule has 0 unspecified atom stereocenters. The van der Waals surface area contributed by atoms with Gasteiger partial charge in [-0.2, -0.15) is 13.2 Å². The zero-order valence-electron chi connectivity index (χ0n) is 15.1. The number of benzene rings is 1. The third kappa shape index (κ3) is 3.64. The Kier molecular flexibility index (Phi) is 5.24. The van der Waals surface area contributed by atoms with Gasteiger partial charge < -0.3 is 0 Å². The summed E-state index contributed by atoms with van der Waals surface area (Å²) in [5.74, 6) is 0.378. The highest BCUT2D eigenvalue weighted by atomic mass is 32.2. The standard InChI is InChI=1S/C18H17F3N4O2S/c1-3-25-16(14-8-10-22-11-9-14)23-24-17(25)28(26,27)12(2)13-4-6-15(7-5-13)18(19,20)21/h4-12H,3H2,1-2H3/t12-/m0/s1. The van der Waals surface area contributed by atoms with Crippen molar-refractivity contribution in [3.05, 3.63) is 59.9 Å². The fourth-order valence-electron chi connectivity index (χ4n) is 2.78. The number of sulfone groups is 1. The summed E-state index contributed by atoms with van der Waals surface area (Å²) in [5, 5.41) is 6.55. The van der Waals surface area contributed by atoms with Crippen LogP contribution in [-0.2, 0) is 22.6 Å². The minimum atomic E-state index is -4.48. The van der Waals surface area contributed by atoms with Crippen LogP contribution in [0.2, 0.25) is 0 Å². The molecule has 2 heterocycles. The minimum absolute atomic E-state index is 0.228. The maximum absolute atomic E-state index is 13.1. The number of halogens is 3. The van der Waals surface area contributed by atoms with E-state index in [2.05, 4.69) is 15.2 Å². The Morgan fingerprint density at radius 2 is 1.64 bits per heavy atom. The van der Waals surface area contributed by atoms with E-state index in [-0.39, 0.29) is 10.7 Å². The highest BCUT2D eigenvalue weighted by Gasteiger charge is 2.33. The molecule has 0 radical (unpaired) electrons. The molecule has 0 bridgehead atoms. The number of aromatic nitrogens is 4. The Morgan fingerprint density at radius 1 is 1.04 bits per heavy atom. The van der Waals surface area contributed by atoms with Gasteiger partial charge in [0.05, 0.1) is 10.8 Å². The second kappa shape index (κ2) is 7.34. The normalized spacial score (nSPS) is 13.5. The molecule has 0 aliphatic heterocycles. The first-order chi connectivity index (χ1) is 13.2. The lowest BCUT2D eigenvalue weighted by Crippen LogP contribution is -2.17. The molecule has 6 nitrogen and oxygen atoms in total. The van der Waals surface area contributed by atoms with Crippen molar-refractivity contribution in [3.63, 3.8) is 0 Å². The van der Waals surface area contributed by atoms with Gasteiger partial charge in [0.2, 0.25) is 9.84 Å². The van der Waals surface area contributed by atoms with Gasteiger partial charge in [-0.25, -0.2) is 8.42 Å². The van der Waals surface area contributed by atoms with Crippen LogP contribution in [-0.4, -0.2) is 28.2 Å². The van der Waals surface area contributed by atoms with Crippen LogP contribution in [0.3, 0.4) is 0 Å². The SMILES string of the molecule is CCn1c(-c2ccncc2)nnc1S(=O)(=O)[C@@H](C)c1ccc(C(F)(F)F)cc1. The summed E-state index contributed by atoms with van der Waals surface area (Å²) in [6, 6.07) is 7.45. The van der Waals surface area contributed by atoms with Gasteiger partial charge >= 0.3 is 6.18 Å². The number of hydrogen-bond acceptors (Lipinski definition) is 5. The molecule has 0 fully saturated rings. The number of rotatable bonds is 5. The average molecular weight is 410 g/mol. The minimum Gasteiger partial charge on any atom is -0.298 e. The summed E-state index contributed by atoms with van der Waals surface area (Å²) in [7, 11) is -3.98. The summed E-state index contributed by atoms with van der Waals surface area (Å²) in [5.41, 5.74) is 0.0645. The average Bonchev–Trinajstić information content (AvgIpc) is 3.12. The predicted octanol–water partition coefficient (Wildman–Crippen LogP) is 3.91. The fraction of sp³-hybridized carbons (Fsp3) is 0.278. The predicted molar refractivity (Wildman–Crippen MR) is 96.0 cm³/mol. The molecule has 0 aliphatic carbocycles. The molecule has 0 saturated heterocycles. The molecular weight excluding hydrogens is 393 g/mol. The van der Waals surface area contributed by atoms with Crippen LogP contribution >= 0.6 is 0 Å². The highest BCUT2D eigenvalue weighted by Crippen LogP contribution is 2.33. The molecule has 28 heavy (non-hydrogen) atoms. The first-order valence-electron chi connectivity index (χ1n) is 8.41. The highest BCUT2D eigenvalue weighted by molar-refractivity contribution is 7.91. The Morgan fingerprint density at radius 3 is 2.18 bits per heavy atom. The van der Waals surface area contributed by atoms with E-state index >= 15 is 0 Å². The van der Waals surface area contributed by atoms with Gasteiger partial charge in [-0.05, 0) is 43.7 Å². The van der Waals surface area contributed by atoms with E-state index in [1.807, 2.05) is 0 Å². The van der Waals surface area contributed by atoms with Crippen LogP contribution in [0.4, 0.5) is 13.2 Å². The fourth-order valence-corrected chi connectivity index (χ4v) is 4.29. The molecule has 3 aromatic rings. The molecule has 0 N–H and O–H groups in total. The Hall–Kier alpha value is -2.75. The van der Waals surface area contributed by atoms with Gasteiger partial charge in [0.25, 0.3) is 5.16 Å². The Balaban J connectivity index is 2.00. The van der Waals surface area contributed by atoms with E-state index in [9.17, 15) is 21.6 Å². The van der Waals surface area contributed by atoms with E-state index in [0.29, 0.717) is 17.9 Å². The molecule has 1 aromatic carbocycles. The lowest BCUT2D eigenvalue weighted by Gasteiger charge is -2.15. The second-order valence-electron chi connectivity index (χ2n) is 6.09. The first-order valence-corrected chi connectivity index (χ1v) is 9.95. The second-order valence-corrected chi connectivity index (χ2v) is 8.26. The van der Waals surface area contributed by atoms with Gasteiger partial charge in [0.15, 0.2) is 5.82 Å². The lowest BCUT2D eigenvalue weighted by molar-refractivity contribution is -0.137. The third-order valence-electron chi connectivity index (χ3n) is 4.40. The molecule has 0 amide bonds. The maximum atomic E-state index is 13.1. The van der Waals surface area contributed by atoms with E-state index in [1.165, 1.54) is 23.6 Å². The van der Waals surface area contributed by atoms with E-state index in [1.54, 1.807) is 31.5 Å². The summed E-state index contributed by atoms with van der Waals surface area (Å²) < 4.78 is 65.8. The van der Waals surface area contributed by atoms with Crippen LogP contribution in [0, 0.1) is 0 Å². The summed E-state index contributed by atoms with van der Waals surface area (Å²) in [6.07, 6.45) is -1.37. The summed E-state index contributed by atoms with van der Waals surface area (Å²) in [4.78, 5) is 3.92. The quantitative estimate of drug-likeness (QED) is 0.637. The molecule has 148 valence electrons. The zero-order chi connectivity index (χ0) is 20.5. The van der Waals surface area contributed by atoms with Crippen molar-refractivity contribution in [2.45, 2.75) is 37.0 Å². The monoisotopic (exact) mass is 410 g/mol. The number of pyridine rings is 1. The molecule has 0 spiro atoms. The molecule has 3 rings (SSSR count). The van der Waals surface area contributed by atoms with Gasteiger partial charge in [0.1, 0.15) is 0 Å². The third-order valence-corrected chi connectivity index (χ3v) is 6.41. The van der Waals surface area contributed by atoms with Crippen molar-refractivity contribution in [1.29, 1.82) is 0 Å². The molecule has 10 heteroatoms. The lowest BCUT2D eigenvalue weighted by atomic mass is 10.1. The van der Waals surface area contributed by atoms with E-state index in [0.717, 1.165) is 12.1 Å². The summed E-state index contributed by atoms with van der Waals surface area (Å²) in [6.45, 7) is 3.48. The van der Waals surface area contributed by atoms with Gasteiger partial charge in [-0.15, -0.1) is 10.2 Å². The molecule has 1 atom stereocenters. The Bertz CT molecular complexity index is 1060. The van der Waals surface area contributed by atoms with Crippen molar-refractivity contribution in [2.75, 3.05) is 0 Å². The zero-order valence-corrected chi connectivity index (χ0v) is 15.9. The van der Waals surface area contributed by atoms with Gasteiger partial charge in [-0.3, -0.25) is 9.55 Å². The van der Waals surface area contributed by atoms with E-state index < -0.39 is 26.8 Å². The largest absolute Gasteiger partial charge is 0.416 e. The van der Waals surface area contributed by atoms with Crippen LogP contribution in [0.25, 0.3) is 11.4 Å². The van der Waals surface area contributed by atoms with Crippen LogP contribution < -0.4 is 0 Å². The maximum Gasteiger partial charge on any atom is 0.416 e. The van der Waals surface area contributed by atoms with Crippen molar-refractivity contribution >= 4 is 9.84 Å². The summed E-state index contributed by atoms with van der Waals surface area (Å²) >= 11 is 0. The molecular formula is C18H17F3N4O2S. The van der Waals surface area contributed by atoms with Crippen LogP contribution in [0.1, 0.15) is 30.2 Å². The van der Waals surface area contributed by atoms with Gasteiger partial charge in [0, 0.05) is 24.5 Å². The van der Waals surface area contributed by atoms with Gasteiger partial charge in [-0.1, -0.05) is 12.1 Å². The smallest absolute Gasteiger partial charge is 0.298 e. The first kappa shape index (κ1) is 20.0. The van der Waals surface area contributed by atoms with Crippen molar-refractivity contribution in [2.24, 2.45) is 0 Å². The Labute approximate surface area is 160 Å². The number of alkyl halides is 3. The molecule has 0 saturated carbocycles. The number of hydrogen-bond donors (Lipinski definition) is 0. The molecule has 0 aliphatic rings. The number of nitrogens with zero attached hydrogens (tertiary/aromatic N) is 4. The van der Waals surface area contributed by atoms with Crippen molar-refractivity contribution < 1.29 is 21.6 Å². The van der Waals surface area contributed by atoms with Crippen LogP contribution in [0.15, 0.2) is 53.9 Å². The van der Waals surface area contributed by atoms with Crippen LogP contribution in [0.5, 0.6) is 0 Å².